The Hall–Kier alpha value is -4.00. The summed E-state index contributed by atoms with van der Waals surface area (Å²) in [4.78, 5) is 31.4. The Morgan fingerprint density at radius 2 is 1.67 bits per heavy atom. The highest BCUT2D eigenvalue weighted by Gasteiger charge is 2.42. The lowest BCUT2D eigenvalue weighted by Gasteiger charge is -2.39. The number of hydrogen-bond acceptors (Lipinski definition) is 8. The van der Waals surface area contributed by atoms with Crippen LogP contribution in [0, 0.1) is 5.92 Å². The lowest BCUT2D eigenvalue weighted by Crippen LogP contribution is -2.55. The molecule has 0 unspecified atom stereocenters. The van der Waals surface area contributed by atoms with Crippen LogP contribution >= 0.6 is 0 Å². The summed E-state index contributed by atoms with van der Waals surface area (Å²) in [5.74, 6) is -0.831. The minimum absolute atomic E-state index is 0.0219. The lowest BCUT2D eigenvalue weighted by atomic mass is 9.88. The zero-order valence-electron chi connectivity index (χ0n) is 24.2. The Morgan fingerprint density at radius 1 is 1.00 bits per heavy atom. The predicted octanol–water partition coefficient (Wildman–Crippen LogP) is 4.03. The molecule has 0 saturated carbocycles. The number of pyridine rings is 1. The highest BCUT2D eigenvalue weighted by atomic mass is 32.2. The molecular formula is C31H38N4O7S. The molecule has 4 rings (SSSR count). The van der Waals surface area contributed by atoms with Crippen LogP contribution in [-0.4, -0.2) is 72.7 Å². The number of sulfonamides is 1. The second-order valence-electron chi connectivity index (χ2n) is 10.4. The molecule has 0 radical (unpaired) electrons. The first-order valence-corrected chi connectivity index (χ1v) is 15.7. The third-order valence-corrected chi connectivity index (χ3v) is 9.46. The van der Waals surface area contributed by atoms with Crippen LogP contribution < -0.4 is 10.2 Å². The van der Waals surface area contributed by atoms with Crippen molar-refractivity contribution in [3.63, 3.8) is 0 Å². The fourth-order valence-corrected chi connectivity index (χ4v) is 6.89. The van der Waals surface area contributed by atoms with Crippen molar-refractivity contribution < 1.29 is 32.7 Å². The summed E-state index contributed by atoms with van der Waals surface area (Å²) < 4.78 is 39.8. The quantitative estimate of drug-likeness (QED) is 0.168. The number of aromatic nitrogens is 1. The number of amides is 2. The van der Waals surface area contributed by atoms with Crippen LogP contribution in [0.3, 0.4) is 0 Å². The second-order valence-corrected chi connectivity index (χ2v) is 12.3. The van der Waals surface area contributed by atoms with Gasteiger partial charge in [0.25, 0.3) is 5.91 Å². The van der Waals surface area contributed by atoms with Crippen LogP contribution in [0.15, 0.2) is 84.0 Å². The molecule has 230 valence electrons. The number of hydroxylamine groups is 1. The average molecular weight is 611 g/mol. The van der Waals surface area contributed by atoms with Gasteiger partial charge in [0, 0.05) is 32.0 Å². The van der Waals surface area contributed by atoms with Crippen molar-refractivity contribution in [3.05, 3.63) is 90.3 Å². The van der Waals surface area contributed by atoms with E-state index in [1.165, 1.54) is 36.9 Å². The smallest absolute Gasteiger partial charge is 0.409 e. The van der Waals surface area contributed by atoms with Crippen molar-refractivity contribution >= 4 is 22.0 Å². The van der Waals surface area contributed by atoms with Gasteiger partial charge in [-0.3, -0.25) is 15.0 Å². The Morgan fingerprint density at radius 3 is 2.30 bits per heavy atom. The molecule has 1 atom stereocenters. The van der Waals surface area contributed by atoms with Crippen molar-refractivity contribution in [1.82, 2.24) is 19.7 Å². The van der Waals surface area contributed by atoms with Gasteiger partial charge in [-0.25, -0.2) is 18.7 Å². The summed E-state index contributed by atoms with van der Waals surface area (Å²) in [5.41, 5.74) is 3.53. The maximum absolute atomic E-state index is 14.0. The zero-order chi connectivity index (χ0) is 30.7. The normalized spacial score (nSPS) is 14.7. The van der Waals surface area contributed by atoms with Crippen molar-refractivity contribution in [2.75, 3.05) is 26.8 Å². The van der Waals surface area contributed by atoms with E-state index in [1.54, 1.807) is 34.9 Å². The topological polar surface area (TPSA) is 138 Å². The number of methoxy groups -OCH3 is 1. The molecule has 43 heavy (non-hydrogen) atoms. The molecule has 3 aromatic rings. The molecule has 1 fully saturated rings. The largest absolute Gasteiger partial charge is 0.497 e. The van der Waals surface area contributed by atoms with Gasteiger partial charge in [-0.05, 0) is 85.5 Å². The van der Waals surface area contributed by atoms with Gasteiger partial charge >= 0.3 is 6.09 Å². The molecule has 2 N–H and O–H groups in total. The van der Waals surface area contributed by atoms with Crippen molar-refractivity contribution in [2.45, 2.75) is 49.6 Å². The van der Waals surface area contributed by atoms with Crippen molar-refractivity contribution in [3.8, 4) is 5.75 Å². The molecule has 0 aliphatic carbocycles. The van der Waals surface area contributed by atoms with E-state index in [0.717, 1.165) is 23.6 Å². The van der Waals surface area contributed by atoms with Gasteiger partial charge in [-0.2, -0.15) is 4.31 Å². The predicted molar refractivity (Wildman–Crippen MR) is 159 cm³/mol. The van der Waals surface area contributed by atoms with E-state index < -0.39 is 34.0 Å². The highest BCUT2D eigenvalue weighted by Crippen LogP contribution is 2.31. The van der Waals surface area contributed by atoms with Crippen LogP contribution in [0.2, 0.25) is 0 Å². The van der Waals surface area contributed by atoms with Gasteiger partial charge in [-0.15, -0.1) is 0 Å². The van der Waals surface area contributed by atoms with Crippen LogP contribution in [-0.2, 0) is 32.5 Å². The van der Waals surface area contributed by atoms with E-state index in [-0.39, 0.29) is 24.5 Å². The number of carbonyl (C=O) groups excluding carboxylic acids is 2. The number of rotatable bonds is 13. The fraction of sp³-hybridized carbons (Fsp3) is 0.387. The SMILES string of the molecule is COc1ccc(S(=O)(=O)N(Cc2ccncc2)[C@@H](C(=O)NO)C2CCN(C(=O)OCCCCc3ccccc3)CC2)cc1. The standard InChI is InChI=1S/C31H38N4O7S/c1-41-27-10-12-28(13-11-27)43(39,40)35(23-25-14-18-32-19-15-25)29(30(36)33-38)26-16-20-34(21-17-26)31(37)42-22-6-5-9-24-7-3-2-4-8-24/h2-4,7-8,10-15,18-19,26,29,38H,5-6,9,16-17,20-23H2,1H3,(H,33,36)/t29-/m1/s1. The van der Waals surface area contributed by atoms with Gasteiger partial charge in [0.05, 0.1) is 18.6 Å². The number of aryl methyl sites for hydroxylation is 1. The molecule has 1 aliphatic rings. The van der Waals surface area contributed by atoms with Gasteiger partial charge in [0.15, 0.2) is 0 Å². The summed E-state index contributed by atoms with van der Waals surface area (Å²) in [5, 5.41) is 9.68. The summed E-state index contributed by atoms with van der Waals surface area (Å²) in [6, 6.07) is 18.1. The van der Waals surface area contributed by atoms with Gasteiger partial charge in [-0.1, -0.05) is 30.3 Å². The summed E-state index contributed by atoms with van der Waals surface area (Å²) in [7, 11) is -2.73. The Balaban J connectivity index is 1.44. The maximum atomic E-state index is 14.0. The Bertz CT molecular complexity index is 1420. The summed E-state index contributed by atoms with van der Waals surface area (Å²) in [6.45, 7) is 0.754. The highest BCUT2D eigenvalue weighted by molar-refractivity contribution is 7.89. The number of carbonyl (C=O) groups is 2. The molecule has 12 heteroatoms. The van der Waals surface area contributed by atoms with Gasteiger partial charge in [0.1, 0.15) is 11.8 Å². The van der Waals surface area contributed by atoms with E-state index in [2.05, 4.69) is 17.1 Å². The van der Waals surface area contributed by atoms with Gasteiger partial charge in [0.2, 0.25) is 10.0 Å². The number of unbranched alkanes of at least 4 members (excludes halogenated alkanes) is 1. The lowest BCUT2D eigenvalue weighted by molar-refractivity contribution is -0.135. The summed E-state index contributed by atoms with van der Waals surface area (Å²) in [6.07, 6.45) is 5.88. The van der Waals surface area contributed by atoms with Crippen LogP contribution in [0.25, 0.3) is 0 Å². The molecule has 11 nitrogen and oxygen atoms in total. The molecule has 2 heterocycles. The minimum atomic E-state index is -4.22. The number of nitrogens with zero attached hydrogens (tertiary/aromatic N) is 3. The van der Waals surface area contributed by atoms with Crippen LogP contribution in [0.5, 0.6) is 5.75 Å². The van der Waals surface area contributed by atoms with E-state index in [1.807, 2.05) is 18.2 Å². The zero-order valence-corrected chi connectivity index (χ0v) is 25.0. The molecule has 1 aromatic heterocycles. The monoisotopic (exact) mass is 610 g/mol. The number of nitrogens with one attached hydrogen (secondary N) is 1. The second kappa shape index (κ2) is 15.5. The van der Waals surface area contributed by atoms with Crippen molar-refractivity contribution in [2.24, 2.45) is 5.92 Å². The number of likely N-dealkylation sites (tertiary alicyclic amines) is 1. The van der Waals surface area contributed by atoms with E-state index in [4.69, 9.17) is 9.47 Å². The van der Waals surface area contributed by atoms with Crippen LogP contribution in [0.4, 0.5) is 4.79 Å². The average Bonchev–Trinajstić information content (AvgIpc) is 3.05. The molecular weight excluding hydrogens is 572 g/mol. The first kappa shape index (κ1) is 31.9. The molecule has 1 saturated heterocycles. The van der Waals surface area contributed by atoms with E-state index >= 15 is 0 Å². The molecule has 0 bridgehead atoms. The third-order valence-electron chi connectivity index (χ3n) is 7.62. The number of hydrogen-bond donors (Lipinski definition) is 2. The van der Waals surface area contributed by atoms with E-state index in [0.29, 0.717) is 30.8 Å². The molecule has 2 amide bonds. The van der Waals surface area contributed by atoms with Crippen molar-refractivity contribution in [1.29, 1.82) is 0 Å². The van der Waals surface area contributed by atoms with Gasteiger partial charge < -0.3 is 14.4 Å². The fourth-order valence-electron chi connectivity index (χ4n) is 5.25. The Kier molecular flexibility index (Phi) is 11.5. The first-order valence-electron chi connectivity index (χ1n) is 14.3. The maximum Gasteiger partial charge on any atom is 0.409 e. The number of ether oxygens (including phenoxy) is 2. The number of benzene rings is 2. The van der Waals surface area contributed by atoms with E-state index in [9.17, 15) is 23.2 Å². The molecule has 0 spiro atoms. The summed E-state index contributed by atoms with van der Waals surface area (Å²) >= 11 is 0. The van der Waals surface area contributed by atoms with Crippen LogP contribution in [0.1, 0.15) is 36.8 Å². The molecule has 2 aromatic carbocycles. The minimum Gasteiger partial charge on any atom is -0.497 e. The first-order chi connectivity index (χ1) is 20.8. The third kappa shape index (κ3) is 8.53. The number of piperidine rings is 1. The molecule has 1 aliphatic heterocycles. The Labute approximate surface area is 252 Å².